The highest BCUT2D eigenvalue weighted by atomic mass is 16.7. The molecule has 1 aliphatic rings. The van der Waals surface area contributed by atoms with Crippen LogP contribution in [0.25, 0.3) is 0 Å². The maximum Gasteiger partial charge on any atom is 0.410 e. The lowest BCUT2D eigenvalue weighted by Gasteiger charge is -2.33. The van der Waals surface area contributed by atoms with Gasteiger partial charge < -0.3 is 14.5 Å². The molecule has 1 saturated heterocycles. The van der Waals surface area contributed by atoms with Gasteiger partial charge in [0.05, 0.1) is 13.2 Å². The molecule has 0 radical (unpaired) electrons. The van der Waals surface area contributed by atoms with Crippen molar-refractivity contribution >= 4 is 12.4 Å². The first kappa shape index (κ1) is 25.9. The number of aldehydes is 1. The molecule has 6 nitrogen and oxygen atoms in total. The highest BCUT2D eigenvalue weighted by Crippen LogP contribution is 2.30. The molecule has 0 saturated carbocycles. The van der Waals surface area contributed by atoms with E-state index in [9.17, 15) is 9.59 Å². The summed E-state index contributed by atoms with van der Waals surface area (Å²) in [6.07, 6.45) is 4.30. The van der Waals surface area contributed by atoms with E-state index < -0.39 is 5.60 Å². The van der Waals surface area contributed by atoms with Crippen LogP contribution in [0.15, 0.2) is 48.5 Å². The van der Waals surface area contributed by atoms with Gasteiger partial charge in [-0.15, -0.1) is 0 Å². The first-order valence-corrected chi connectivity index (χ1v) is 12.1. The molecular weight excluding hydrogens is 428 g/mol. The quantitative estimate of drug-likeness (QED) is 0.365. The first-order chi connectivity index (χ1) is 16.2. The summed E-state index contributed by atoms with van der Waals surface area (Å²) in [6, 6.07) is 16.5. The van der Waals surface area contributed by atoms with E-state index in [-0.39, 0.29) is 12.1 Å². The van der Waals surface area contributed by atoms with Crippen LogP contribution in [-0.4, -0.2) is 55.2 Å². The van der Waals surface area contributed by atoms with Crippen LogP contribution in [0.5, 0.6) is 0 Å². The van der Waals surface area contributed by atoms with E-state index in [1.807, 2.05) is 62.0 Å². The molecule has 0 N–H and O–H groups in total. The summed E-state index contributed by atoms with van der Waals surface area (Å²) in [5, 5.41) is 1.81. The number of amides is 1. The Balaban J connectivity index is 1.58. The smallest absolute Gasteiger partial charge is 0.410 e. The van der Waals surface area contributed by atoms with Crippen LogP contribution in [0.2, 0.25) is 0 Å². The molecule has 3 rings (SSSR count). The molecule has 6 heteroatoms. The molecule has 1 atom stereocenters. The molecule has 0 bridgehead atoms. The van der Waals surface area contributed by atoms with E-state index in [1.54, 1.807) is 7.11 Å². The molecule has 1 amide bonds. The number of nitrogens with zero attached hydrogens (tertiary/aromatic N) is 2. The van der Waals surface area contributed by atoms with Gasteiger partial charge in [0.1, 0.15) is 11.9 Å². The van der Waals surface area contributed by atoms with Crippen LogP contribution < -0.4 is 0 Å². The maximum atomic E-state index is 12.3. The molecule has 1 unspecified atom stereocenters. The number of hydrogen-bond acceptors (Lipinski definition) is 5. The van der Waals surface area contributed by atoms with Gasteiger partial charge in [-0.2, -0.15) is 5.06 Å². The van der Waals surface area contributed by atoms with Gasteiger partial charge >= 0.3 is 6.09 Å². The lowest BCUT2D eigenvalue weighted by Crippen LogP contribution is -2.41. The third-order valence-electron chi connectivity index (χ3n) is 6.51. The Labute approximate surface area is 203 Å². The molecular formula is C28H38N2O4. The monoisotopic (exact) mass is 466 g/mol. The van der Waals surface area contributed by atoms with Crippen LogP contribution in [0.1, 0.15) is 79.0 Å². The fraction of sp³-hybridized carbons (Fsp3) is 0.500. The summed E-state index contributed by atoms with van der Waals surface area (Å²) < 4.78 is 5.51. The molecule has 1 fully saturated rings. The molecule has 0 aliphatic carbocycles. The number of ether oxygens (including phenoxy) is 1. The first-order valence-electron chi connectivity index (χ1n) is 12.1. The number of hydroxylamine groups is 2. The Morgan fingerprint density at radius 2 is 1.76 bits per heavy atom. The SMILES string of the molecule is CON(C)C(CCc1ccc(C2CCN(C(=O)OC(C)(C)C)CC2)cc1)c1ccccc1C=O. The van der Waals surface area contributed by atoms with E-state index in [0.717, 1.165) is 50.6 Å². The number of piperidine rings is 1. The van der Waals surface area contributed by atoms with Crippen molar-refractivity contribution in [3.63, 3.8) is 0 Å². The predicted molar refractivity (Wildman–Crippen MR) is 134 cm³/mol. The van der Waals surface area contributed by atoms with Gasteiger partial charge in [0.2, 0.25) is 0 Å². The number of benzene rings is 2. The van der Waals surface area contributed by atoms with Gasteiger partial charge in [-0.25, -0.2) is 4.79 Å². The second kappa shape index (κ2) is 11.6. The van der Waals surface area contributed by atoms with Crippen LogP contribution >= 0.6 is 0 Å². The fourth-order valence-electron chi connectivity index (χ4n) is 4.56. The molecule has 2 aromatic rings. The van der Waals surface area contributed by atoms with Gasteiger partial charge in [0.25, 0.3) is 0 Å². The molecule has 1 heterocycles. The van der Waals surface area contributed by atoms with Crippen molar-refractivity contribution in [1.29, 1.82) is 0 Å². The predicted octanol–water partition coefficient (Wildman–Crippen LogP) is 5.78. The number of hydrogen-bond donors (Lipinski definition) is 0. The van der Waals surface area contributed by atoms with Crippen molar-refractivity contribution in [2.75, 3.05) is 27.2 Å². The zero-order chi connectivity index (χ0) is 24.7. The Morgan fingerprint density at radius 1 is 1.12 bits per heavy atom. The van der Waals surface area contributed by atoms with E-state index >= 15 is 0 Å². The van der Waals surface area contributed by atoms with Crippen LogP contribution in [0.4, 0.5) is 4.79 Å². The molecule has 2 aromatic carbocycles. The van der Waals surface area contributed by atoms with E-state index in [1.165, 1.54) is 11.1 Å². The zero-order valence-corrected chi connectivity index (χ0v) is 21.1. The number of carbonyl (C=O) groups excluding carboxylic acids is 2. The zero-order valence-electron chi connectivity index (χ0n) is 21.1. The van der Waals surface area contributed by atoms with Crippen molar-refractivity contribution in [2.24, 2.45) is 0 Å². The maximum absolute atomic E-state index is 12.3. The number of likely N-dealkylation sites (tertiary alicyclic amines) is 1. The largest absolute Gasteiger partial charge is 0.444 e. The standard InChI is InChI=1S/C28H38N2O4/c1-28(2,3)34-27(32)30-18-16-23(17-19-30)22-13-10-21(11-14-22)12-15-26(29(4)33-5)25-9-7-6-8-24(25)20-31/h6-11,13-14,20,23,26H,12,15-19H2,1-5H3. The molecule has 0 aromatic heterocycles. The Bertz CT molecular complexity index is 944. The summed E-state index contributed by atoms with van der Waals surface area (Å²) in [4.78, 5) is 31.2. The van der Waals surface area contributed by atoms with Gasteiger partial charge in [-0.1, -0.05) is 48.5 Å². The summed E-state index contributed by atoms with van der Waals surface area (Å²) in [5.41, 5.74) is 3.80. The molecule has 34 heavy (non-hydrogen) atoms. The summed E-state index contributed by atoms with van der Waals surface area (Å²) >= 11 is 0. The average Bonchev–Trinajstić information content (AvgIpc) is 2.83. The van der Waals surface area contributed by atoms with Crippen molar-refractivity contribution in [3.8, 4) is 0 Å². The number of aryl methyl sites for hydroxylation is 1. The van der Waals surface area contributed by atoms with Gasteiger partial charge in [0.15, 0.2) is 0 Å². The van der Waals surface area contributed by atoms with Crippen molar-refractivity contribution < 1.29 is 19.2 Å². The topological polar surface area (TPSA) is 59.1 Å². The van der Waals surface area contributed by atoms with Gasteiger partial charge in [0, 0.05) is 25.7 Å². The minimum absolute atomic E-state index is 0.0109. The second-order valence-corrected chi connectivity index (χ2v) is 10.0. The average molecular weight is 467 g/mol. The molecule has 1 aliphatic heterocycles. The van der Waals surface area contributed by atoms with Crippen molar-refractivity contribution in [1.82, 2.24) is 9.96 Å². The van der Waals surface area contributed by atoms with Crippen LogP contribution in [0.3, 0.4) is 0 Å². The van der Waals surface area contributed by atoms with Gasteiger partial charge in [-0.3, -0.25) is 4.79 Å². The van der Waals surface area contributed by atoms with Gasteiger partial charge in [-0.05, 0) is 69.1 Å². The minimum Gasteiger partial charge on any atom is -0.444 e. The highest BCUT2D eigenvalue weighted by molar-refractivity contribution is 5.77. The highest BCUT2D eigenvalue weighted by Gasteiger charge is 2.27. The molecule has 184 valence electrons. The van der Waals surface area contributed by atoms with E-state index in [0.29, 0.717) is 11.5 Å². The normalized spacial score (nSPS) is 15.9. The molecule has 0 spiro atoms. The van der Waals surface area contributed by atoms with Crippen LogP contribution in [0, 0.1) is 0 Å². The van der Waals surface area contributed by atoms with E-state index in [2.05, 4.69) is 24.3 Å². The second-order valence-electron chi connectivity index (χ2n) is 10.0. The summed E-state index contributed by atoms with van der Waals surface area (Å²) in [7, 11) is 3.55. The number of rotatable bonds is 8. The van der Waals surface area contributed by atoms with Crippen LogP contribution in [-0.2, 0) is 16.0 Å². The third-order valence-corrected chi connectivity index (χ3v) is 6.51. The summed E-state index contributed by atoms with van der Waals surface area (Å²) in [6.45, 7) is 7.15. The fourth-order valence-corrected chi connectivity index (χ4v) is 4.56. The Kier molecular flexibility index (Phi) is 8.86. The van der Waals surface area contributed by atoms with Crippen molar-refractivity contribution in [2.45, 2.75) is 64.0 Å². The number of carbonyl (C=O) groups is 2. The van der Waals surface area contributed by atoms with E-state index in [4.69, 9.17) is 9.57 Å². The third kappa shape index (κ3) is 6.90. The lowest BCUT2D eigenvalue weighted by molar-refractivity contribution is -0.144. The summed E-state index contributed by atoms with van der Waals surface area (Å²) in [5.74, 6) is 0.458. The minimum atomic E-state index is -0.462. The van der Waals surface area contributed by atoms with Crippen molar-refractivity contribution in [3.05, 3.63) is 70.8 Å². The lowest BCUT2D eigenvalue weighted by atomic mass is 9.88. The Morgan fingerprint density at radius 3 is 2.35 bits per heavy atom. The Hall–Kier alpha value is -2.70.